The molecule has 5 nitrogen and oxygen atoms in total. The van der Waals surface area contributed by atoms with Gasteiger partial charge in [0.2, 0.25) is 5.91 Å². The standard InChI is InChI=1S/C18H28N2O3/c1-19(2)17-8-9-20(13-15(17)6-4-10-21)18(23)12-14-5-3-7-16(22)11-14/h3,5,7,11,15,17,21-22H,4,6,8-10,12-13H2,1-2H3/t15-,17+/m0/s1. The maximum atomic E-state index is 12.6. The Balaban J connectivity index is 1.98. The van der Waals surface area contributed by atoms with Gasteiger partial charge in [0.05, 0.1) is 6.42 Å². The van der Waals surface area contributed by atoms with Gasteiger partial charge in [0, 0.05) is 25.7 Å². The van der Waals surface area contributed by atoms with Crippen molar-refractivity contribution in [1.29, 1.82) is 0 Å². The van der Waals surface area contributed by atoms with Gasteiger partial charge in [-0.2, -0.15) is 0 Å². The first-order valence-electron chi connectivity index (χ1n) is 8.34. The molecule has 0 spiro atoms. The summed E-state index contributed by atoms with van der Waals surface area (Å²) in [5.41, 5.74) is 0.844. The van der Waals surface area contributed by atoms with Crippen molar-refractivity contribution < 1.29 is 15.0 Å². The highest BCUT2D eigenvalue weighted by atomic mass is 16.3. The van der Waals surface area contributed by atoms with E-state index in [0.717, 1.165) is 37.9 Å². The maximum absolute atomic E-state index is 12.6. The third-order valence-electron chi connectivity index (χ3n) is 4.71. The second kappa shape index (κ2) is 8.31. The van der Waals surface area contributed by atoms with Gasteiger partial charge in [0.25, 0.3) is 0 Å². The number of likely N-dealkylation sites (tertiary alicyclic amines) is 1. The smallest absolute Gasteiger partial charge is 0.227 e. The lowest BCUT2D eigenvalue weighted by atomic mass is 9.87. The normalized spacial score (nSPS) is 21.7. The molecule has 2 atom stereocenters. The van der Waals surface area contributed by atoms with E-state index in [1.165, 1.54) is 0 Å². The molecule has 1 aliphatic rings. The van der Waals surface area contributed by atoms with Crippen LogP contribution in [0.25, 0.3) is 0 Å². The molecule has 2 rings (SSSR count). The lowest BCUT2D eigenvalue weighted by Crippen LogP contribution is -2.51. The summed E-state index contributed by atoms with van der Waals surface area (Å²) in [6, 6.07) is 7.36. The van der Waals surface area contributed by atoms with E-state index in [9.17, 15) is 9.90 Å². The van der Waals surface area contributed by atoms with Crippen molar-refractivity contribution in [3.05, 3.63) is 29.8 Å². The van der Waals surface area contributed by atoms with E-state index in [0.29, 0.717) is 18.4 Å². The van der Waals surface area contributed by atoms with Gasteiger partial charge in [0.1, 0.15) is 5.75 Å². The average molecular weight is 320 g/mol. The van der Waals surface area contributed by atoms with Crippen molar-refractivity contribution >= 4 is 5.91 Å². The molecule has 1 saturated heterocycles. The molecule has 0 aliphatic carbocycles. The fourth-order valence-electron chi connectivity index (χ4n) is 3.52. The third kappa shape index (κ3) is 4.94. The maximum Gasteiger partial charge on any atom is 0.227 e. The van der Waals surface area contributed by atoms with Crippen LogP contribution in [0.1, 0.15) is 24.8 Å². The predicted molar refractivity (Wildman–Crippen MR) is 90.3 cm³/mol. The molecule has 2 N–H and O–H groups in total. The summed E-state index contributed by atoms with van der Waals surface area (Å²) in [6.07, 6.45) is 3.02. The van der Waals surface area contributed by atoms with E-state index < -0.39 is 0 Å². The minimum absolute atomic E-state index is 0.113. The minimum Gasteiger partial charge on any atom is -0.508 e. The van der Waals surface area contributed by atoms with Crippen LogP contribution >= 0.6 is 0 Å². The number of carbonyl (C=O) groups is 1. The molecule has 23 heavy (non-hydrogen) atoms. The topological polar surface area (TPSA) is 64.0 Å². The molecule has 0 saturated carbocycles. The first-order valence-corrected chi connectivity index (χ1v) is 8.34. The molecule has 5 heteroatoms. The highest BCUT2D eigenvalue weighted by molar-refractivity contribution is 5.79. The first-order chi connectivity index (χ1) is 11.0. The molecule has 1 amide bonds. The zero-order chi connectivity index (χ0) is 16.8. The second-order valence-corrected chi connectivity index (χ2v) is 6.63. The first kappa shape index (κ1) is 17.8. The number of piperidine rings is 1. The molecule has 1 aliphatic heterocycles. The summed E-state index contributed by atoms with van der Waals surface area (Å²) in [4.78, 5) is 16.7. The Labute approximate surface area is 138 Å². The molecule has 1 fully saturated rings. The highest BCUT2D eigenvalue weighted by Crippen LogP contribution is 2.25. The molecule has 1 aromatic carbocycles. The highest BCUT2D eigenvalue weighted by Gasteiger charge is 2.32. The van der Waals surface area contributed by atoms with E-state index in [1.54, 1.807) is 18.2 Å². The Hall–Kier alpha value is -1.59. The summed E-state index contributed by atoms with van der Waals surface area (Å²) in [5, 5.41) is 18.6. The van der Waals surface area contributed by atoms with Crippen LogP contribution in [0, 0.1) is 5.92 Å². The third-order valence-corrected chi connectivity index (χ3v) is 4.71. The number of hydrogen-bond acceptors (Lipinski definition) is 4. The Kier molecular flexibility index (Phi) is 6.42. The Morgan fingerprint density at radius 3 is 2.83 bits per heavy atom. The van der Waals surface area contributed by atoms with Crippen LogP contribution in [0.3, 0.4) is 0 Å². The van der Waals surface area contributed by atoms with Crippen LogP contribution in [0.4, 0.5) is 0 Å². The minimum atomic E-state index is 0.113. The fraction of sp³-hybridized carbons (Fsp3) is 0.611. The summed E-state index contributed by atoms with van der Waals surface area (Å²) in [6.45, 7) is 1.73. The van der Waals surface area contributed by atoms with E-state index in [2.05, 4.69) is 19.0 Å². The number of aliphatic hydroxyl groups is 1. The Morgan fingerprint density at radius 2 is 2.17 bits per heavy atom. The number of carbonyl (C=O) groups excluding carboxylic acids is 1. The van der Waals surface area contributed by atoms with Crippen LogP contribution in [0.5, 0.6) is 5.75 Å². The van der Waals surface area contributed by atoms with Crippen LogP contribution in [-0.2, 0) is 11.2 Å². The van der Waals surface area contributed by atoms with Crippen molar-refractivity contribution in [2.24, 2.45) is 5.92 Å². The van der Waals surface area contributed by atoms with Crippen molar-refractivity contribution in [3.8, 4) is 5.75 Å². The zero-order valence-electron chi connectivity index (χ0n) is 14.1. The lowest BCUT2D eigenvalue weighted by molar-refractivity contribution is -0.133. The van der Waals surface area contributed by atoms with Gasteiger partial charge in [-0.25, -0.2) is 0 Å². The van der Waals surface area contributed by atoms with Gasteiger partial charge < -0.3 is 20.0 Å². The monoisotopic (exact) mass is 320 g/mol. The molecule has 0 unspecified atom stereocenters. The Bertz CT molecular complexity index is 519. The molecular formula is C18H28N2O3. The van der Waals surface area contributed by atoms with Gasteiger partial charge in [-0.3, -0.25) is 4.79 Å². The van der Waals surface area contributed by atoms with Crippen LogP contribution in [0.15, 0.2) is 24.3 Å². The quantitative estimate of drug-likeness (QED) is 0.833. The number of hydrogen-bond donors (Lipinski definition) is 2. The summed E-state index contributed by atoms with van der Waals surface area (Å²) >= 11 is 0. The second-order valence-electron chi connectivity index (χ2n) is 6.63. The van der Waals surface area contributed by atoms with Gasteiger partial charge >= 0.3 is 0 Å². The lowest BCUT2D eigenvalue weighted by Gasteiger charge is -2.41. The number of amides is 1. The van der Waals surface area contributed by atoms with Crippen LogP contribution in [-0.4, -0.2) is 65.8 Å². The molecular weight excluding hydrogens is 292 g/mol. The van der Waals surface area contributed by atoms with Crippen molar-refractivity contribution in [2.45, 2.75) is 31.7 Å². The molecule has 128 valence electrons. The van der Waals surface area contributed by atoms with Gasteiger partial charge in [-0.05, 0) is 57.0 Å². The van der Waals surface area contributed by atoms with E-state index in [1.807, 2.05) is 11.0 Å². The molecule has 1 aromatic rings. The number of benzene rings is 1. The summed E-state index contributed by atoms with van der Waals surface area (Å²) in [7, 11) is 4.17. The predicted octanol–water partition coefficient (Wildman–Crippen LogP) is 1.49. The van der Waals surface area contributed by atoms with Crippen molar-refractivity contribution in [1.82, 2.24) is 9.80 Å². The summed E-state index contributed by atoms with van der Waals surface area (Å²) < 4.78 is 0. The Morgan fingerprint density at radius 1 is 1.39 bits per heavy atom. The van der Waals surface area contributed by atoms with E-state index in [4.69, 9.17) is 5.11 Å². The fourth-order valence-corrected chi connectivity index (χ4v) is 3.52. The largest absolute Gasteiger partial charge is 0.508 e. The zero-order valence-corrected chi connectivity index (χ0v) is 14.1. The number of phenolic OH excluding ortho intramolecular Hbond substituents is 1. The molecule has 1 heterocycles. The SMILES string of the molecule is CN(C)[C@@H]1CCN(C(=O)Cc2cccc(O)c2)C[C@@H]1CCCO. The van der Waals surface area contributed by atoms with Gasteiger partial charge in [-0.1, -0.05) is 12.1 Å². The van der Waals surface area contributed by atoms with Gasteiger partial charge in [0.15, 0.2) is 0 Å². The number of aliphatic hydroxyl groups excluding tert-OH is 1. The average Bonchev–Trinajstić information content (AvgIpc) is 2.52. The molecule has 0 bridgehead atoms. The number of phenols is 1. The van der Waals surface area contributed by atoms with E-state index >= 15 is 0 Å². The van der Waals surface area contributed by atoms with Crippen molar-refractivity contribution in [3.63, 3.8) is 0 Å². The number of aromatic hydroxyl groups is 1. The molecule has 0 radical (unpaired) electrons. The molecule has 0 aromatic heterocycles. The summed E-state index contributed by atoms with van der Waals surface area (Å²) in [5.74, 6) is 0.711. The van der Waals surface area contributed by atoms with Crippen LogP contribution in [0.2, 0.25) is 0 Å². The van der Waals surface area contributed by atoms with Gasteiger partial charge in [-0.15, -0.1) is 0 Å². The van der Waals surface area contributed by atoms with E-state index in [-0.39, 0.29) is 18.3 Å². The van der Waals surface area contributed by atoms with Crippen LogP contribution < -0.4 is 0 Å². The number of rotatable bonds is 6. The number of nitrogens with zero attached hydrogens (tertiary/aromatic N) is 2. The van der Waals surface area contributed by atoms with Crippen molar-refractivity contribution in [2.75, 3.05) is 33.8 Å².